The zero-order chi connectivity index (χ0) is 19.4. The lowest BCUT2D eigenvalue weighted by atomic mass is 10.1. The number of benzene rings is 2. The number of aryl methyl sites for hydroxylation is 1. The molecule has 6 nitrogen and oxygen atoms in total. The fourth-order valence-electron chi connectivity index (χ4n) is 2.92. The number of rotatable bonds is 5. The van der Waals surface area contributed by atoms with Gasteiger partial charge in [0, 0.05) is 17.3 Å². The van der Waals surface area contributed by atoms with Crippen LogP contribution in [-0.4, -0.2) is 33.5 Å². The van der Waals surface area contributed by atoms with Gasteiger partial charge in [-0.3, -0.25) is 9.52 Å². The van der Waals surface area contributed by atoms with Crippen molar-refractivity contribution >= 4 is 21.6 Å². The van der Waals surface area contributed by atoms with Crippen molar-refractivity contribution < 1.29 is 17.6 Å². The Bertz CT molecular complexity index is 924. The van der Waals surface area contributed by atoms with Crippen molar-refractivity contribution in [3.63, 3.8) is 0 Å². The number of halogens is 1. The van der Waals surface area contributed by atoms with Crippen LogP contribution in [-0.2, 0) is 10.0 Å². The molecule has 0 aromatic heterocycles. The molecule has 144 valence electrons. The van der Waals surface area contributed by atoms with Crippen LogP contribution in [0.3, 0.4) is 0 Å². The third kappa shape index (κ3) is 4.84. The van der Waals surface area contributed by atoms with Gasteiger partial charge in [-0.05, 0) is 80.9 Å². The van der Waals surface area contributed by atoms with Crippen LogP contribution in [0.15, 0.2) is 47.4 Å². The highest BCUT2D eigenvalue weighted by atomic mass is 32.2. The second kappa shape index (κ2) is 8.06. The van der Waals surface area contributed by atoms with E-state index in [9.17, 15) is 17.6 Å². The highest BCUT2D eigenvalue weighted by molar-refractivity contribution is 7.92. The number of piperidine rings is 1. The minimum absolute atomic E-state index is 0.0193. The summed E-state index contributed by atoms with van der Waals surface area (Å²) in [5.74, 6) is -0.636. The molecule has 3 rings (SSSR count). The van der Waals surface area contributed by atoms with Gasteiger partial charge >= 0.3 is 0 Å². The van der Waals surface area contributed by atoms with E-state index in [-0.39, 0.29) is 22.4 Å². The predicted octanol–water partition coefficient (Wildman–Crippen LogP) is 2.42. The number of carbonyl (C=O) groups excluding carboxylic acids is 1. The molecule has 1 amide bonds. The molecular formula is C19H22FN3O3S. The molecule has 27 heavy (non-hydrogen) atoms. The Hall–Kier alpha value is -2.45. The van der Waals surface area contributed by atoms with E-state index in [2.05, 4.69) is 15.4 Å². The average Bonchev–Trinajstić information content (AvgIpc) is 2.65. The second-order valence-corrected chi connectivity index (χ2v) is 8.27. The van der Waals surface area contributed by atoms with Crippen LogP contribution in [0.1, 0.15) is 28.8 Å². The number of anilines is 1. The standard InChI is InChI=1S/C19H22FN3O3S/c1-13-12-17(6-7-18(13)20)27(25,26)23-16-4-2-14(3-5-16)19(24)22-15-8-10-21-11-9-15/h2-7,12,15,21,23H,8-11H2,1H3,(H,22,24). The van der Waals surface area contributed by atoms with Crippen molar-refractivity contribution in [2.75, 3.05) is 17.8 Å². The largest absolute Gasteiger partial charge is 0.349 e. The smallest absolute Gasteiger partial charge is 0.261 e. The number of amides is 1. The molecule has 2 aromatic carbocycles. The highest BCUT2D eigenvalue weighted by Crippen LogP contribution is 2.19. The van der Waals surface area contributed by atoms with Gasteiger partial charge < -0.3 is 10.6 Å². The van der Waals surface area contributed by atoms with Crippen LogP contribution < -0.4 is 15.4 Å². The fraction of sp³-hybridized carbons (Fsp3) is 0.316. The van der Waals surface area contributed by atoms with Gasteiger partial charge in [-0.25, -0.2) is 12.8 Å². The fourth-order valence-corrected chi connectivity index (χ4v) is 4.07. The maximum atomic E-state index is 13.3. The summed E-state index contributed by atoms with van der Waals surface area (Å²) < 4.78 is 40.6. The zero-order valence-corrected chi connectivity index (χ0v) is 15.8. The summed E-state index contributed by atoms with van der Waals surface area (Å²) in [6.45, 7) is 3.27. The minimum atomic E-state index is -3.83. The van der Waals surface area contributed by atoms with Crippen LogP contribution in [0.4, 0.5) is 10.1 Å². The first-order chi connectivity index (χ1) is 12.8. The average molecular weight is 391 g/mol. The summed E-state index contributed by atoms with van der Waals surface area (Å²) in [4.78, 5) is 12.3. The third-order valence-corrected chi connectivity index (χ3v) is 5.89. The summed E-state index contributed by atoms with van der Waals surface area (Å²) in [5, 5.41) is 6.23. The molecule has 0 saturated carbocycles. The summed E-state index contributed by atoms with van der Waals surface area (Å²) in [7, 11) is -3.83. The van der Waals surface area contributed by atoms with E-state index < -0.39 is 15.8 Å². The quantitative estimate of drug-likeness (QED) is 0.731. The molecule has 1 fully saturated rings. The van der Waals surface area contributed by atoms with Crippen LogP contribution in [0.5, 0.6) is 0 Å². The first-order valence-corrected chi connectivity index (χ1v) is 10.2. The molecule has 1 aliphatic rings. The molecule has 1 heterocycles. The van der Waals surface area contributed by atoms with Gasteiger partial charge in [0.2, 0.25) is 0 Å². The number of carbonyl (C=O) groups is 1. The van der Waals surface area contributed by atoms with Gasteiger partial charge in [-0.2, -0.15) is 0 Å². The van der Waals surface area contributed by atoms with Crippen molar-refractivity contribution in [2.45, 2.75) is 30.7 Å². The van der Waals surface area contributed by atoms with E-state index in [1.54, 1.807) is 12.1 Å². The van der Waals surface area contributed by atoms with E-state index in [1.165, 1.54) is 31.2 Å². The van der Waals surface area contributed by atoms with Crippen molar-refractivity contribution in [3.8, 4) is 0 Å². The normalized spacial score (nSPS) is 15.3. The van der Waals surface area contributed by atoms with Gasteiger partial charge in [-0.1, -0.05) is 0 Å². The number of sulfonamides is 1. The van der Waals surface area contributed by atoms with Crippen molar-refractivity contribution in [2.24, 2.45) is 0 Å². The lowest BCUT2D eigenvalue weighted by Crippen LogP contribution is -2.42. The van der Waals surface area contributed by atoms with Crippen LogP contribution in [0.2, 0.25) is 0 Å². The summed E-state index contributed by atoms with van der Waals surface area (Å²) in [6, 6.07) is 9.98. The molecule has 0 unspecified atom stereocenters. The zero-order valence-electron chi connectivity index (χ0n) is 15.0. The molecule has 3 N–H and O–H groups in total. The van der Waals surface area contributed by atoms with Gasteiger partial charge in [0.1, 0.15) is 5.82 Å². The molecule has 0 spiro atoms. The predicted molar refractivity (Wildman–Crippen MR) is 102 cm³/mol. The van der Waals surface area contributed by atoms with E-state index in [4.69, 9.17) is 0 Å². The van der Waals surface area contributed by atoms with Gasteiger partial charge in [-0.15, -0.1) is 0 Å². The van der Waals surface area contributed by atoms with Crippen LogP contribution in [0, 0.1) is 12.7 Å². The van der Waals surface area contributed by atoms with Gasteiger partial charge in [0.25, 0.3) is 15.9 Å². The summed E-state index contributed by atoms with van der Waals surface area (Å²) in [6.07, 6.45) is 1.78. The molecule has 0 aliphatic carbocycles. The molecule has 8 heteroatoms. The molecular weight excluding hydrogens is 369 g/mol. The lowest BCUT2D eigenvalue weighted by molar-refractivity contribution is 0.0929. The molecule has 2 aromatic rings. The Morgan fingerprint density at radius 1 is 1.11 bits per heavy atom. The van der Waals surface area contributed by atoms with Crippen molar-refractivity contribution in [1.82, 2.24) is 10.6 Å². The Morgan fingerprint density at radius 3 is 2.41 bits per heavy atom. The Labute approximate surface area is 158 Å². The minimum Gasteiger partial charge on any atom is -0.349 e. The first-order valence-electron chi connectivity index (χ1n) is 8.76. The summed E-state index contributed by atoms with van der Waals surface area (Å²) in [5.41, 5.74) is 1.05. The van der Waals surface area contributed by atoms with Crippen molar-refractivity contribution in [1.29, 1.82) is 0 Å². The van der Waals surface area contributed by atoms with Crippen molar-refractivity contribution in [3.05, 3.63) is 59.4 Å². The second-order valence-electron chi connectivity index (χ2n) is 6.59. The number of nitrogens with one attached hydrogen (secondary N) is 3. The first kappa shape index (κ1) is 19.3. The lowest BCUT2D eigenvalue weighted by Gasteiger charge is -2.23. The molecule has 1 aliphatic heterocycles. The summed E-state index contributed by atoms with van der Waals surface area (Å²) >= 11 is 0. The number of hydrogen-bond acceptors (Lipinski definition) is 4. The van der Waals surface area contributed by atoms with E-state index in [0.717, 1.165) is 32.0 Å². The monoisotopic (exact) mass is 391 g/mol. The van der Waals surface area contributed by atoms with E-state index in [0.29, 0.717) is 11.3 Å². The molecule has 0 atom stereocenters. The number of hydrogen-bond donors (Lipinski definition) is 3. The molecule has 0 radical (unpaired) electrons. The Balaban J connectivity index is 1.67. The van der Waals surface area contributed by atoms with E-state index >= 15 is 0 Å². The molecule has 1 saturated heterocycles. The maximum absolute atomic E-state index is 13.3. The maximum Gasteiger partial charge on any atom is 0.261 e. The third-order valence-electron chi connectivity index (χ3n) is 4.51. The van der Waals surface area contributed by atoms with E-state index in [1.807, 2.05) is 0 Å². The van der Waals surface area contributed by atoms with Gasteiger partial charge in [0.15, 0.2) is 0 Å². The van der Waals surface area contributed by atoms with Gasteiger partial charge in [0.05, 0.1) is 4.90 Å². The van der Waals surface area contributed by atoms with Crippen LogP contribution >= 0.6 is 0 Å². The Kier molecular flexibility index (Phi) is 5.76. The molecule has 0 bridgehead atoms. The Morgan fingerprint density at radius 2 is 1.78 bits per heavy atom. The SMILES string of the molecule is Cc1cc(S(=O)(=O)Nc2ccc(C(=O)NC3CCNCC3)cc2)ccc1F. The highest BCUT2D eigenvalue weighted by Gasteiger charge is 2.18. The topological polar surface area (TPSA) is 87.3 Å². The van der Waals surface area contributed by atoms with Crippen LogP contribution in [0.25, 0.3) is 0 Å².